The Morgan fingerprint density at radius 1 is 1.73 bits per heavy atom. The van der Waals surface area contributed by atoms with E-state index in [1.54, 1.807) is 0 Å². The highest BCUT2D eigenvalue weighted by molar-refractivity contribution is 6.35. The second-order valence-electron chi connectivity index (χ2n) is 2.33. The molecule has 1 rings (SSSR count). The van der Waals surface area contributed by atoms with Crippen molar-refractivity contribution in [2.24, 2.45) is 0 Å². The summed E-state index contributed by atoms with van der Waals surface area (Å²) in [6.45, 7) is 0. The standard InChI is InChI=1S/C7H7ClO3/c8-7(6(10)11)3-1-5(9)2-4-7/h1-3,9H,4H2,(H,10,11). The first kappa shape index (κ1) is 8.14. The van der Waals surface area contributed by atoms with E-state index in [2.05, 4.69) is 0 Å². The van der Waals surface area contributed by atoms with Crippen molar-refractivity contribution in [1.82, 2.24) is 0 Å². The number of halogens is 1. The van der Waals surface area contributed by atoms with Gasteiger partial charge in [-0.05, 0) is 18.2 Å². The molecule has 0 aromatic carbocycles. The van der Waals surface area contributed by atoms with Crippen LogP contribution < -0.4 is 0 Å². The van der Waals surface area contributed by atoms with Crippen LogP contribution in [0.25, 0.3) is 0 Å². The van der Waals surface area contributed by atoms with Gasteiger partial charge in [0.15, 0.2) is 4.87 Å². The van der Waals surface area contributed by atoms with Crippen LogP contribution >= 0.6 is 11.6 Å². The molecule has 0 fully saturated rings. The number of aliphatic hydroxyl groups is 1. The molecule has 1 atom stereocenters. The Kier molecular flexibility index (Phi) is 1.91. The molecule has 4 heteroatoms. The number of alkyl halides is 1. The molecule has 0 amide bonds. The Bertz CT molecular complexity index is 244. The van der Waals surface area contributed by atoms with E-state index in [0.29, 0.717) is 0 Å². The Balaban J connectivity index is 2.82. The fraction of sp³-hybridized carbons (Fsp3) is 0.286. The van der Waals surface area contributed by atoms with Gasteiger partial charge in [0, 0.05) is 6.42 Å². The third-order valence-electron chi connectivity index (χ3n) is 1.48. The maximum atomic E-state index is 10.5. The van der Waals surface area contributed by atoms with Crippen LogP contribution in [0.5, 0.6) is 0 Å². The summed E-state index contributed by atoms with van der Waals surface area (Å²) in [5.74, 6) is -1.04. The molecule has 0 heterocycles. The van der Waals surface area contributed by atoms with Gasteiger partial charge in [-0.15, -0.1) is 11.6 Å². The Labute approximate surface area is 68.6 Å². The number of aliphatic carboxylic acids is 1. The van der Waals surface area contributed by atoms with Crippen molar-refractivity contribution in [3.05, 3.63) is 24.0 Å². The summed E-state index contributed by atoms with van der Waals surface area (Å²) in [5, 5.41) is 17.4. The lowest BCUT2D eigenvalue weighted by atomic mass is 9.99. The molecule has 0 spiro atoms. The van der Waals surface area contributed by atoms with Gasteiger partial charge >= 0.3 is 5.97 Å². The molecule has 0 radical (unpaired) electrons. The lowest BCUT2D eigenvalue weighted by molar-refractivity contribution is -0.138. The van der Waals surface area contributed by atoms with E-state index in [4.69, 9.17) is 21.8 Å². The fourth-order valence-electron chi connectivity index (χ4n) is 0.765. The molecule has 0 bridgehead atoms. The van der Waals surface area contributed by atoms with Crippen LogP contribution in [0.4, 0.5) is 0 Å². The van der Waals surface area contributed by atoms with Crippen molar-refractivity contribution in [3.8, 4) is 0 Å². The van der Waals surface area contributed by atoms with Gasteiger partial charge in [-0.25, -0.2) is 4.79 Å². The first-order chi connectivity index (χ1) is 5.04. The smallest absolute Gasteiger partial charge is 0.329 e. The quantitative estimate of drug-likeness (QED) is 0.592. The van der Waals surface area contributed by atoms with Gasteiger partial charge in [0.1, 0.15) is 5.76 Å². The summed E-state index contributed by atoms with van der Waals surface area (Å²) < 4.78 is 0. The molecule has 0 aromatic rings. The zero-order chi connectivity index (χ0) is 8.48. The molecule has 11 heavy (non-hydrogen) atoms. The summed E-state index contributed by atoms with van der Waals surface area (Å²) in [5.41, 5.74) is 0. The third kappa shape index (κ3) is 1.54. The van der Waals surface area contributed by atoms with Gasteiger partial charge in [-0.3, -0.25) is 0 Å². The van der Waals surface area contributed by atoms with Gasteiger partial charge in [0.2, 0.25) is 0 Å². The Morgan fingerprint density at radius 2 is 2.36 bits per heavy atom. The van der Waals surface area contributed by atoms with Crippen molar-refractivity contribution in [3.63, 3.8) is 0 Å². The summed E-state index contributed by atoms with van der Waals surface area (Å²) in [6.07, 6.45) is 4.05. The van der Waals surface area contributed by atoms with Crippen LogP contribution in [0.2, 0.25) is 0 Å². The number of carbonyl (C=O) groups is 1. The normalized spacial score (nSPS) is 29.7. The van der Waals surface area contributed by atoms with Crippen molar-refractivity contribution < 1.29 is 15.0 Å². The minimum Gasteiger partial charge on any atom is -0.508 e. The number of hydrogen-bond donors (Lipinski definition) is 2. The van der Waals surface area contributed by atoms with E-state index < -0.39 is 10.8 Å². The Hall–Kier alpha value is -0.960. The van der Waals surface area contributed by atoms with Crippen molar-refractivity contribution >= 4 is 17.6 Å². The van der Waals surface area contributed by atoms with E-state index in [0.717, 1.165) is 0 Å². The second-order valence-corrected chi connectivity index (χ2v) is 3.01. The topological polar surface area (TPSA) is 57.5 Å². The third-order valence-corrected chi connectivity index (χ3v) is 1.92. The molecule has 0 aliphatic heterocycles. The fourth-order valence-corrected chi connectivity index (χ4v) is 0.905. The van der Waals surface area contributed by atoms with Crippen LogP contribution in [0.15, 0.2) is 24.0 Å². The summed E-state index contributed by atoms with van der Waals surface area (Å²) >= 11 is 5.63. The molecule has 1 unspecified atom stereocenters. The number of aliphatic hydroxyl groups excluding tert-OH is 1. The lowest BCUT2D eigenvalue weighted by Gasteiger charge is -2.18. The van der Waals surface area contributed by atoms with Crippen molar-refractivity contribution in [2.45, 2.75) is 11.3 Å². The maximum absolute atomic E-state index is 10.5. The predicted octanol–water partition coefficient (Wildman–Crippen LogP) is 1.45. The molecule has 0 saturated carbocycles. The van der Waals surface area contributed by atoms with E-state index in [9.17, 15) is 4.79 Å². The van der Waals surface area contributed by atoms with Gasteiger partial charge in [0.25, 0.3) is 0 Å². The van der Waals surface area contributed by atoms with E-state index in [1.165, 1.54) is 18.2 Å². The highest BCUT2D eigenvalue weighted by Gasteiger charge is 2.33. The van der Waals surface area contributed by atoms with Gasteiger partial charge in [-0.2, -0.15) is 0 Å². The minimum absolute atomic E-state index is 0.0579. The van der Waals surface area contributed by atoms with E-state index in [1.807, 2.05) is 0 Å². The average Bonchev–Trinajstić information content (AvgIpc) is 1.95. The van der Waals surface area contributed by atoms with Gasteiger partial charge in [-0.1, -0.05) is 0 Å². The van der Waals surface area contributed by atoms with Gasteiger partial charge < -0.3 is 10.2 Å². The molecule has 3 nitrogen and oxygen atoms in total. The van der Waals surface area contributed by atoms with Crippen LogP contribution in [-0.2, 0) is 4.79 Å². The van der Waals surface area contributed by atoms with Crippen molar-refractivity contribution in [1.29, 1.82) is 0 Å². The zero-order valence-corrected chi connectivity index (χ0v) is 6.38. The van der Waals surface area contributed by atoms with Crippen LogP contribution in [0, 0.1) is 0 Å². The largest absolute Gasteiger partial charge is 0.508 e. The molecule has 0 aromatic heterocycles. The molecular formula is C7H7ClO3. The first-order valence-corrected chi connectivity index (χ1v) is 3.43. The molecule has 1 aliphatic carbocycles. The number of hydrogen-bond acceptors (Lipinski definition) is 2. The van der Waals surface area contributed by atoms with Crippen molar-refractivity contribution in [2.75, 3.05) is 0 Å². The number of carboxylic acids is 1. The molecule has 0 saturated heterocycles. The van der Waals surface area contributed by atoms with Crippen LogP contribution in [0.1, 0.15) is 6.42 Å². The Morgan fingerprint density at radius 3 is 2.73 bits per heavy atom. The first-order valence-electron chi connectivity index (χ1n) is 3.05. The van der Waals surface area contributed by atoms with Crippen LogP contribution in [-0.4, -0.2) is 21.1 Å². The second kappa shape index (κ2) is 2.58. The number of rotatable bonds is 1. The highest BCUT2D eigenvalue weighted by Crippen LogP contribution is 2.27. The lowest BCUT2D eigenvalue weighted by Crippen LogP contribution is -2.30. The zero-order valence-electron chi connectivity index (χ0n) is 5.62. The average molecular weight is 175 g/mol. The van der Waals surface area contributed by atoms with E-state index in [-0.39, 0.29) is 12.2 Å². The monoisotopic (exact) mass is 174 g/mol. The molecule has 2 N–H and O–H groups in total. The minimum atomic E-state index is -1.37. The number of carboxylic acid groups (broad SMARTS) is 1. The van der Waals surface area contributed by atoms with Crippen LogP contribution in [0.3, 0.4) is 0 Å². The predicted molar refractivity (Wildman–Crippen MR) is 40.7 cm³/mol. The summed E-state index contributed by atoms with van der Waals surface area (Å²) in [7, 11) is 0. The number of allylic oxidation sites excluding steroid dienone is 2. The molecule has 1 aliphatic rings. The molecular weight excluding hydrogens is 168 g/mol. The molecule has 60 valence electrons. The summed E-state index contributed by atoms with van der Waals surface area (Å²) in [4.78, 5) is 9.12. The highest BCUT2D eigenvalue weighted by atomic mass is 35.5. The van der Waals surface area contributed by atoms with Gasteiger partial charge in [0.05, 0.1) is 0 Å². The SMILES string of the molecule is O=C(O)C1(Cl)C=CC(O)=CC1. The van der Waals surface area contributed by atoms with E-state index >= 15 is 0 Å². The maximum Gasteiger partial charge on any atom is 0.329 e. The summed E-state index contributed by atoms with van der Waals surface area (Å²) in [6, 6.07) is 0.